The van der Waals surface area contributed by atoms with E-state index in [0.29, 0.717) is 25.9 Å². The van der Waals surface area contributed by atoms with E-state index in [2.05, 4.69) is 16.7 Å². The van der Waals surface area contributed by atoms with E-state index in [0.717, 1.165) is 22.3 Å². The van der Waals surface area contributed by atoms with Gasteiger partial charge in [0.15, 0.2) is 0 Å². The maximum Gasteiger partial charge on any atom is 0.315 e. The van der Waals surface area contributed by atoms with Gasteiger partial charge in [0.2, 0.25) is 5.91 Å². The van der Waals surface area contributed by atoms with Crippen molar-refractivity contribution in [1.82, 2.24) is 15.5 Å². The van der Waals surface area contributed by atoms with E-state index in [1.54, 1.807) is 17.0 Å². The van der Waals surface area contributed by atoms with Gasteiger partial charge in [0.25, 0.3) is 0 Å². The summed E-state index contributed by atoms with van der Waals surface area (Å²) in [5.41, 5.74) is 11.2. The predicted octanol–water partition coefficient (Wildman–Crippen LogP) is 2.93. The van der Waals surface area contributed by atoms with Crippen LogP contribution < -0.4 is 16.4 Å². The minimum Gasteiger partial charge on any atom is -0.508 e. The first-order chi connectivity index (χ1) is 15.4. The van der Waals surface area contributed by atoms with Crippen molar-refractivity contribution in [2.45, 2.75) is 71.6 Å². The monoisotopic (exact) mass is 452 g/mol. The molecule has 1 aliphatic heterocycles. The fourth-order valence-electron chi connectivity index (χ4n) is 4.44. The summed E-state index contributed by atoms with van der Waals surface area (Å²) in [7, 11) is 0. The lowest BCUT2D eigenvalue weighted by molar-refractivity contribution is -0.136. The van der Waals surface area contributed by atoms with Gasteiger partial charge in [-0.1, -0.05) is 24.3 Å². The van der Waals surface area contributed by atoms with E-state index in [9.17, 15) is 14.7 Å². The summed E-state index contributed by atoms with van der Waals surface area (Å²) in [5.74, 6) is 0.0698. The number of hydrogen-bond acceptors (Lipinski definition) is 4. The van der Waals surface area contributed by atoms with E-state index >= 15 is 0 Å². The maximum atomic E-state index is 13.5. The fourth-order valence-corrected chi connectivity index (χ4v) is 4.44. The van der Waals surface area contributed by atoms with Crippen LogP contribution in [0.1, 0.15) is 48.6 Å². The van der Waals surface area contributed by atoms with E-state index in [1.165, 1.54) is 5.56 Å². The number of nitrogens with zero attached hydrogens (tertiary/aromatic N) is 1. The van der Waals surface area contributed by atoms with Crippen LogP contribution in [0.25, 0.3) is 0 Å². The molecule has 0 unspecified atom stereocenters. The number of phenolic OH excluding ortho intramolecular Hbond substituents is 1. The van der Waals surface area contributed by atoms with Crippen LogP contribution >= 0.6 is 0 Å². The Morgan fingerprint density at radius 2 is 1.76 bits per heavy atom. The summed E-state index contributed by atoms with van der Waals surface area (Å²) in [6.45, 7) is 10.4. The largest absolute Gasteiger partial charge is 0.508 e. The van der Waals surface area contributed by atoms with E-state index in [-0.39, 0.29) is 29.3 Å². The number of nitrogens with two attached hydrogens (primary N) is 1. The number of rotatable bonds is 5. The maximum absolute atomic E-state index is 13.5. The number of phenols is 1. The second-order valence-corrected chi connectivity index (χ2v) is 10.0. The Kier molecular flexibility index (Phi) is 7.32. The van der Waals surface area contributed by atoms with Gasteiger partial charge in [0.1, 0.15) is 5.75 Å². The smallest absolute Gasteiger partial charge is 0.315 e. The summed E-state index contributed by atoms with van der Waals surface area (Å²) < 4.78 is 0. The first kappa shape index (κ1) is 24.6. The zero-order chi connectivity index (χ0) is 24.3. The van der Waals surface area contributed by atoms with Crippen LogP contribution in [0.5, 0.6) is 5.75 Å². The van der Waals surface area contributed by atoms with Crippen molar-refractivity contribution in [3.05, 3.63) is 64.2 Å². The van der Waals surface area contributed by atoms with Crippen LogP contribution in [0.2, 0.25) is 0 Å². The number of aromatic hydroxyl groups is 1. The third-order valence-corrected chi connectivity index (χ3v) is 6.05. The number of urea groups is 1. The Morgan fingerprint density at radius 3 is 2.36 bits per heavy atom. The Balaban J connectivity index is 1.78. The molecule has 0 saturated heterocycles. The number of aryl methyl sites for hydroxylation is 2. The lowest BCUT2D eigenvalue weighted by Gasteiger charge is -2.38. The quantitative estimate of drug-likeness (QED) is 0.559. The van der Waals surface area contributed by atoms with Crippen molar-refractivity contribution < 1.29 is 14.7 Å². The Hall–Kier alpha value is -3.06. The van der Waals surface area contributed by atoms with Crippen LogP contribution in [0.4, 0.5) is 4.79 Å². The van der Waals surface area contributed by atoms with Crippen LogP contribution in [0.3, 0.4) is 0 Å². The first-order valence-corrected chi connectivity index (χ1v) is 11.4. The van der Waals surface area contributed by atoms with Gasteiger partial charge in [-0.05, 0) is 87.4 Å². The number of nitrogens with one attached hydrogen (secondary N) is 2. The SMILES string of the molecule is Cc1cc(O)cc(C)c1C[C@H](N)C(=O)N1Cc2ccccc2C[C@H]1CNC(=O)NC(C)(C)C. The molecule has 2 atom stereocenters. The molecule has 3 rings (SSSR count). The summed E-state index contributed by atoms with van der Waals surface area (Å²) in [6.07, 6.45) is 1.04. The Bertz CT molecular complexity index is 1010. The molecule has 33 heavy (non-hydrogen) atoms. The topological polar surface area (TPSA) is 108 Å². The highest BCUT2D eigenvalue weighted by Crippen LogP contribution is 2.26. The van der Waals surface area contributed by atoms with Crippen molar-refractivity contribution in [3.8, 4) is 5.75 Å². The predicted molar refractivity (Wildman–Crippen MR) is 130 cm³/mol. The van der Waals surface area contributed by atoms with Crippen molar-refractivity contribution in [2.24, 2.45) is 5.73 Å². The molecule has 0 aromatic heterocycles. The standard InChI is InChI=1S/C26H36N4O3/c1-16-10-21(31)11-17(2)22(16)13-23(27)24(32)30-15-19-9-7-6-8-18(19)12-20(30)14-28-25(33)29-26(3,4)5/h6-11,20,23,31H,12-15,27H2,1-5H3,(H2,28,29,33)/t20-,23-/m0/s1. The normalized spacial score (nSPS) is 16.7. The molecule has 178 valence electrons. The lowest BCUT2D eigenvalue weighted by atomic mass is 9.91. The summed E-state index contributed by atoms with van der Waals surface area (Å²) in [6, 6.07) is 10.3. The van der Waals surface area contributed by atoms with Crippen LogP contribution in [-0.4, -0.2) is 46.1 Å². The molecule has 1 aliphatic rings. The molecular weight excluding hydrogens is 416 g/mol. The third kappa shape index (κ3) is 6.26. The average Bonchev–Trinajstić information content (AvgIpc) is 2.72. The fraction of sp³-hybridized carbons (Fsp3) is 0.462. The number of hydrogen-bond donors (Lipinski definition) is 4. The van der Waals surface area contributed by atoms with Gasteiger partial charge < -0.3 is 26.4 Å². The highest BCUT2D eigenvalue weighted by molar-refractivity contribution is 5.83. The molecule has 3 amide bonds. The van der Waals surface area contributed by atoms with Gasteiger partial charge in [-0.15, -0.1) is 0 Å². The van der Waals surface area contributed by atoms with Crippen molar-refractivity contribution in [2.75, 3.05) is 6.54 Å². The van der Waals surface area contributed by atoms with Gasteiger partial charge in [-0.3, -0.25) is 4.79 Å². The van der Waals surface area contributed by atoms with Crippen LogP contribution in [-0.2, 0) is 24.2 Å². The molecule has 0 bridgehead atoms. The van der Waals surface area contributed by atoms with Gasteiger partial charge >= 0.3 is 6.03 Å². The minimum absolute atomic E-state index is 0.139. The number of amides is 3. The van der Waals surface area contributed by atoms with Crippen LogP contribution in [0, 0.1) is 13.8 Å². The molecule has 0 fully saturated rings. The molecule has 7 heteroatoms. The first-order valence-electron chi connectivity index (χ1n) is 11.4. The molecule has 1 heterocycles. The Morgan fingerprint density at radius 1 is 1.15 bits per heavy atom. The summed E-state index contributed by atoms with van der Waals surface area (Å²) in [5, 5.41) is 15.6. The lowest BCUT2D eigenvalue weighted by Crippen LogP contribution is -2.56. The minimum atomic E-state index is -0.719. The average molecular weight is 453 g/mol. The zero-order valence-electron chi connectivity index (χ0n) is 20.2. The number of benzene rings is 2. The summed E-state index contributed by atoms with van der Waals surface area (Å²) >= 11 is 0. The van der Waals surface area contributed by atoms with Crippen molar-refractivity contribution >= 4 is 11.9 Å². The number of fused-ring (bicyclic) bond motifs is 1. The zero-order valence-corrected chi connectivity index (χ0v) is 20.2. The molecule has 7 nitrogen and oxygen atoms in total. The molecule has 2 aromatic rings. The molecule has 0 saturated carbocycles. The molecule has 0 radical (unpaired) electrons. The van der Waals surface area contributed by atoms with E-state index < -0.39 is 6.04 Å². The van der Waals surface area contributed by atoms with E-state index in [4.69, 9.17) is 5.73 Å². The molecule has 2 aromatic carbocycles. The molecule has 5 N–H and O–H groups in total. The summed E-state index contributed by atoms with van der Waals surface area (Å²) in [4.78, 5) is 27.6. The molecule has 0 spiro atoms. The van der Waals surface area contributed by atoms with Gasteiger partial charge in [0.05, 0.1) is 12.1 Å². The van der Waals surface area contributed by atoms with Gasteiger partial charge in [0, 0.05) is 18.6 Å². The highest BCUT2D eigenvalue weighted by atomic mass is 16.3. The van der Waals surface area contributed by atoms with Gasteiger partial charge in [-0.25, -0.2) is 4.79 Å². The Labute approximate surface area is 196 Å². The van der Waals surface area contributed by atoms with E-state index in [1.807, 2.05) is 52.8 Å². The number of carbonyl (C=O) groups excluding carboxylic acids is 2. The molecule has 0 aliphatic carbocycles. The van der Waals surface area contributed by atoms with Crippen molar-refractivity contribution in [1.29, 1.82) is 0 Å². The van der Waals surface area contributed by atoms with Crippen molar-refractivity contribution in [3.63, 3.8) is 0 Å². The second-order valence-electron chi connectivity index (χ2n) is 10.0. The number of carbonyl (C=O) groups is 2. The second kappa shape index (κ2) is 9.83. The molecular formula is C26H36N4O3. The van der Waals surface area contributed by atoms with Crippen LogP contribution in [0.15, 0.2) is 36.4 Å². The third-order valence-electron chi connectivity index (χ3n) is 6.05. The highest BCUT2D eigenvalue weighted by Gasteiger charge is 2.33. The van der Waals surface area contributed by atoms with Gasteiger partial charge in [-0.2, -0.15) is 0 Å².